The minimum atomic E-state index is -4.00. The molecular weight excluding hydrogens is 403 g/mol. The van der Waals surface area contributed by atoms with Crippen LogP contribution in [0.2, 0.25) is 10.0 Å². The van der Waals surface area contributed by atoms with Crippen LogP contribution in [0.4, 0.5) is 16.2 Å². The maximum Gasteiger partial charge on any atom is 0.323 e. The van der Waals surface area contributed by atoms with E-state index in [1.807, 2.05) is 0 Å². The molecule has 3 rings (SSSR count). The van der Waals surface area contributed by atoms with E-state index in [1.165, 1.54) is 24.3 Å². The molecule has 10 heteroatoms. The van der Waals surface area contributed by atoms with E-state index >= 15 is 0 Å². The van der Waals surface area contributed by atoms with Crippen molar-refractivity contribution in [1.29, 1.82) is 0 Å². The number of fused-ring (bicyclic) bond motifs is 1. The van der Waals surface area contributed by atoms with Gasteiger partial charge < -0.3 is 15.7 Å². The number of phenolic OH excluding ortho intramolecular Hbond substituents is 1. The summed E-state index contributed by atoms with van der Waals surface area (Å²) in [5.74, 6) is -1.29. The third-order valence-corrected chi connectivity index (χ3v) is 5.82. The molecule has 0 saturated heterocycles. The molecule has 0 radical (unpaired) electrons. The largest absolute Gasteiger partial charge is 0.504 e. The lowest BCUT2D eigenvalue weighted by molar-refractivity contribution is 0.104. The van der Waals surface area contributed by atoms with Crippen LogP contribution in [0.3, 0.4) is 0 Å². The van der Waals surface area contributed by atoms with Gasteiger partial charge in [0, 0.05) is 11.0 Å². The van der Waals surface area contributed by atoms with Crippen LogP contribution in [0.5, 0.6) is 5.75 Å². The number of benzene rings is 2. The van der Waals surface area contributed by atoms with Crippen molar-refractivity contribution in [3.8, 4) is 5.75 Å². The quantitative estimate of drug-likeness (QED) is 0.648. The van der Waals surface area contributed by atoms with Gasteiger partial charge in [0.2, 0.25) is 9.84 Å². The summed E-state index contributed by atoms with van der Waals surface area (Å²) in [6, 6.07) is 6.26. The van der Waals surface area contributed by atoms with E-state index in [2.05, 4.69) is 10.6 Å². The fraction of sp³-hybridized carbons (Fsp3) is 0. The number of sulfone groups is 1. The predicted molar refractivity (Wildman–Crippen MR) is 97.9 cm³/mol. The Labute approximate surface area is 158 Å². The highest BCUT2D eigenvalue weighted by Crippen LogP contribution is 2.38. The number of hydrogen-bond acceptors (Lipinski definition) is 5. The number of nitrogens with one attached hydrogen (secondary N) is 2. The zero-order chi connectivity index (χ0) is 19.1. The first kappa shape index (κ1) is 18.2. The molecule has 0 fully saturated rings. The Bertz CT molecular complexity index is 1080. The van der Waals surface area contributed by atoms with Crippen LogP contribution in [-0.2, 0) is 9.84 Å². The van der Waals surface area contributed by atoms with Crippen LogP contribution >= 0.6 is 23.2 Å². The highest BCUT2D eigenvalue weighted by atomic mass is 35.5. The summed E-state index contributed by atoms with van der Waals surface area (Å²) in [6.45, 7) is 0. The van der Waals surface area contributed by atoms with Crippen molar-refractivity contribution in [1.82, 2.24) is 0 Å². The molecule has 134 valence electrons. The molecule has 1 aliphatic rings. The lowest BCUT2D eigenvalue weighted by Gasteiger charge is -2.16. The lowest BCUT2D eigenvalue weighted by atomic mass is 10.1. The smallest absolute Gasteiger partial charge is 0.323 e. The number of aromatic hydroxyl groups is 1. The topological polar surface area (TPSA) is 113 Å². The molecule has 0 saturated carbocycles. The van der Waals surface area contributed by atoms with Crippen LogP contribution in [0.1, 0.15) is 10.4 Å². The summed E-state index contributed by atoms with van der Waals surface area (Å²) in [5.41, 5.74) is -0.139. The number of amides is 2. The number of ketones is 1. The van der Waals surface area contributed by atoms with Gasteiger partial charge >= 0.3 is 6.03 Å². The summed E-state index contributed by atoms with van der Waals surface area (Å²) in [4.78, 5) is 23.4. The molecule has 0 unspecified atom stereocenters. The number of allylic oxidation sites excluding steroid dienone is 1. The number of urea groups is 1. The highest BCUT2D eigenvalue weighted by molar-refractivity contribution is 7.94. The molecule has 2 amide bonds. The van der Waals surface area contributed by atoms with Crippen molar-refractivity contribution in [3.05, 3.63) is 57.4 Å². The van der Waals surface area contributed by atoms with E-state index in [1.54, 1.807) is 6.07 Å². The van der Waals surface area contributed by atoms with E-state index in [9.17, 15) is 23.1 Å². The first-order chi connectivity index (χ1) is 12.2. The van der Waals surface area contributed by atoms with Crippen molar-refractivity contribution in [2.45, 2.75) is 4.90 Å². The minimum absolute atomic E-state index is 0.122. The number of carbonyl (C=O) groups is 2. The molecule has 0 aromatic heterocycles. The molecule has 1 heterocycles. The Morgan fingerprint density at radius 3 is 2.46 bits per heavy atom. The number of rotatable bonds is 2. The molecule has 0 bridgehead atoms. The molecule has 7 nitrogen and oxygen atoms in total. The fourth-order valence-electron chi connectivity index (χ4n) is 2.34. The zero-order valence-corrected chi connectivity index (χ0v) is 15.1. The van der Waals surface area contributed by atoms with Gasteiger partial charge in [0.25, 0.3) is 0 Å². The van der Waals surface area contributed by atoms with Gasteiger partial charge in [-0.1, -0.05) is 29.3 Å². The summed E-state index contributed by atoms with van der Waals surface area (Å²) in [7, 11) is -4.00. The second-order valence-corrected chi connectivity index (χ2v) is 7.79. The average molecular weight is 413 g/mol. The third kappa shape index (κ3) is 3.26. The van der Waals surface area contributed by atoms with Gasteiger partial charge in [-0.05, 0) is 30.3 Å². The van der Waals surface area contributed by atoms with Crippen molar-refractivity contribution in [2.75, 3.05) is 10.6 Å². The van der Waals surface area contributed by atoms with Gasteiger partial charge in [-0.3, -0.25) is 4.79 Å². The van der Waals surface area contributed by atoms with Crippen molar-refractivity contribution < 1.29 is 23.1 Å². The highest BCUT2D eigenvalue weighted by Gasteiger charge is 2.29. The maximum absolute atomic E-state index is 12.1. The van der Waals surface area contributed by atoms with Crippen molar-refractivity contribution in [2.24, 2.45) is 0 Å². The van der Waals surface area contributed by atoms with E-state index in [4.69, 9.17) is 23.2 Å². The average Bonchev–Trinajstić information content (AvgIpc) is 2.57. The van der Waals surface area contributed by atoms with Gasteiger partial charge in [0.1, 0.15) is 4.90 Å². The third-order valence-electron chi connectivity index (χ3n) is 3.53. The molecule has 26 heavy (non-hydrogen) atoms. The van der Waals surface area contributed by atoms with Crippen LogP contribution < -0.4 is 10.6 Å². The Balaban J connectivity index is 1.91. The normalized spacial score (nSPS) is 14.6. The standard InChI is InChI=1S/C16H10Cl2N2O5S/c17-9-2-1-3-10(13(9)18)19-16(23)20-11-5-4-8-12(21)6-7-26(24,25)15(8)14(11)22/h1-7,22H,(H2,19,20,23). The second kappa shape index (κ2) is 6.64. The predicted octanol–water partition coefficient (Wildman–Crippen LogP) is 3.83. The lowest BCUT2D eigenvalue weighted by Crippen LogP contribution is -2.20. The molecule has 1 aliphatic heterocycles. The Kier molecular flexibility index (Phi) is 4.66. The molecule has 0 atom stereocenters. The van der Waals surface area contributed by atoms with Crippen LogP contribution in [0.25, 0.3) is 0 Å². The van der Waals surface area contributed by atoms with Crippen molar-refractivity contribution >= 4 is 56.2 Å². The summed E-state index contributed by atoms with van der Waals surface area (Å²) in [5, 5.41) is 16.0. The molecule has 3 N–H and O–H groups in total. The summed E-state index contributed by atoms with van der Waals surface area (Å²) >= 11 is 11.8. The Morgan fingerprint density at radius 2 is 1.73 bits per heavy atom. The number of phenols is 1. The van der Waals surface area contributed by atoms with Crippen molar-refractivity contribution in [3.63, 3.8) is 0 Å². The number of halogens is 2. The Hall–Kier alpha value is -2.55. The monoisotopic (exact) mass is 412 g/mol. The summed E-state index contributed by atoms with van der Waals surface area (Å²) < 4.78 is 24.2. The van der Waals surface area contributed by atoms with Gasteiger partial charge in [-0.25, -0.2) is 13.2 Å². The fourth-order valence-corrected chi connectivity index (χ4v) is 3.98. The molecular formula is C16H10Cl2N2O5S. The van der Waals surface area contributed by atoms with Crippen LogP contribution in [0.15, 0.2) is 46.7 Å². The molecule has 2 aromatic carbocycles. The minimum Gasteiger partial charge on any atom is -0.504 e. The van der Waals surface area contributed by atoms with E-state index in [0.717, 1.165) is 6.08 Å². The van der Waals surface area contributed by atoms with Gasteiger partial charge in [0.05, 0.1) is 21.4 Å². The van der Waals surface area contributed by atoms with E-state index in [-0.39, 0.29) is 27.0 Å². The van der Waals surface area contributed by atoms with Crippen LogP contribution in [0, 0.1) is 0 Å². The van der Waals surface area contributed by atoms with Gasteiger partial charge in [-0.2, -0.15) is 0 Å². The number of hydrogen-bond donors (Lipinski definition) is 3. The number of carbonyl (C=O) groups excluding carboxylic acids is 2. The first-order valence-electron chi connectivity index (χ1n) is 7.06. The SMILES string of the molecule is O=C(Nc1ccc2c(c1O)S(=O)(=O)C=CC2=O)Nc1cccc(Cl)c1Cl. The first-order valence-corrected chi connectivity index (χ1v) is 9.36. The van der Waals surface area contributed by atoms with Gasteiger partial charge in [-0.15, -0.1) is 0 Å². The van der Waals surface area contributed by atoms with E-state index in [0.29, 0.717) is 5.41 Å². The van der Waals surface area contributed by atoms with Crippen LogP contribution in [-0.4, -0.2) is 25.3 Å². The summed E-state index contributed by atoms with van der Waals surface area (Å²) in [6.07, 6.45) is 0.901. The van der Waals surface area contributed by atoms with E-state index < -0.39 is 32.3 Å². The second-order valence-electron chi connectivity index (χ2n) is 5.23. The zero-order valence-electron chi connectivity index (χ0n) is 12.8. The number of anilines is 2. The molecule has 2 aromatic rings. The maximum atomic E-state index is 12.1. The van der Waals surface area contributed by atoms with Gasteiger partial charge in [0.15, 0.2) is 11.5 Å². The Morgan fingerprint density at radius 1 is 1.04 bits per heavy atom. The molecule has 0 spiro atoms. The molecule has 0 aliphatic carbocycles.